The first-order valence-corrected chi connectivity index (χ1v) is 6.34. The van der Waals surface area contributed by atoms with Gasteiger partial charge in [0.1, 0.15) is 23.8 Å². The highest BCUT2D eigenvalue weighted by molar-refractivity contribution is 5.94. The van der Waals surface area contributed by atoms with Crippen molar-refractivity contribution >= 4 is 5.78 Å². The van der Waals surface area contributed by atoms with Gasteiger partial charge >= 0.3 is 0 Å². The molecule has 0 amide bonds. The lowest BCUT2D eigenvalue weighted by molar-refractivity contribution is 0.100. The summed E-state index contributed by atoms with van der Waals surface area (Å²) in [6.07, 6.45) is 0. The number of ketones is 1. The molecular formula is C16H17NO3. The lowest BCUT2D eigenvalue weighted by Gasteiger charge is -2.10. The number of benzene rings is 1. The van der Waals surface area contributed by atoms with E-state index in [4.69, 9.17) is 9.47 Å². The Hall–Kier alpha value is -2.36. The Balaban J connectivity index is 2.12. The van der Waals surface area contributed by atoms with Crippen molar-refractivity contribution in [1.82, 2.24) is 4.98 Å². The molecule has 0 fully saturated rings. The lowest BCUT2D eigenvalue weighted by Crippen LogP contribution is -2.05. The van der Waals surface area contributed by atoms with Gasteiger partial charge in [-0.25, -0.2) is 4.98 Å². The number of Topliss-reactive ketones (excluding diaryl/α,β-unsaturated/α-hetero) is 1. The standard InChI is InChI=1S/C16H17NO3/c1-11-4-9-15(16(17-11)12(2)18)20-10-13-5-7-14(19-3)8-6-13/h4-9H,10H2,1-3H3. The van der Waals surface area contributed by atoms with Crippen molar-refractivity contribution in [2.24, 2.45) is 0 Å². The molecule has 0 bridgehead atoms. The predicted octanol–water partition coefficient (Wildman–Crippen LogP) is 3.18. The molecular weight excluding hydrogens is 254 g/mol. The highest BCUT2D eigenvalue weighted by Gasteiger charge is 2.10. The van der Waals surface area contributed by atoms with Crippen molar-refractivity contribution in [3.8, 4) is 11.5 Å². The molecule has 0 saturated heterocycles. The summed E-state index contributed by atoms with van der Waals surface area (Å²) < 4.78 is 10.8. The fourth-order valence-corrected chi connectivity index (χ4v) is 1.80. The van der Waals surface area contributed by atoms with E-state index in [0.717, 1.165) is 17.0 Å². The van der Waals surface area contributed by atoms with Crippen molar-refractivity contribution in [2.45, 2.75) is 20.5 Å². The van der Waals surface area contributed by atoms with E-state index in [1.54, 1.807) is 13.2 Å². The van der Waals surface area contributed by atoms with Crippen molar-refractivity contribution < 1.29 is 14.3 Å². The van der Waals surface area contributed by atoms with Crippen LogP contribution in [0.2, 0.25) is 0 Å². The number of aromatic nitrogens is 1. The van der Waals surface area contributed by atoms with Crippen molar-refractivity contribution in [3.05, 3.63) is 53.3 Å². The SMILES string of the molecule is COc1ccc(COc2ccc(C)nc2C(C)=O)cc1. The summed E-state index contributed by atoms with van der Waals surface area (Å²) in [7, 11) is 1.63. The van der Waals surface area contributed by atoms with Gasteiger partial charge in [-0.15, -0.1) is 0 Å². The molecule has 0 unspecified atom stereocenters. The third-order valence-electron chi connectivity index (χ3n) is 2.88. The van der Waals surface area contributed by atoms with Gasteiger partial charge in [-0.2, -0.15) is 0 Å². The molecule has 0 aliphatic rings. The van der Waals surface area contributed by atoms with Gasteiger partial charge in [-0.1, -0.05) is 12.1 Å². The Bertz CT molecular complexity index is 606. The molecule has 0 N–H and O–H groups in total. The Morgan fingerprint density at radius 1 is 1.15 bits per heavy atom. The monoisotopic (exact) mass is 271 g/mol. The molecule has 1 aromatic carbocycles. The molecule has 0 aliphatic carbocycles. The smallest absolute Gasteiger partial charge is 0.181 e. The number of pyridine rings is 1. The summed E-state index contributed by atoms with van der Waals surface area (Å²) in [5.74, 6) is 1.22. The average molecular weight is 271 g/mol. The van der Waals surface area contributed by atoms with E-state index in [1.807, 2.05) is 37.3 Å². The average Bonchev–Trinajstić information content (AvgIpc) is 2.46. The van der Waals surface area contributed by atoms with Crippen molar-refractivity contribution in [3.63, 3.8) is 0 Å². The lowest BCUT2D eigenvalue weighted by atomic mass is 10.2. The fourth-order valence-electron chi connectivity index (χ4n) is 1.80. The topological polar surface area (TPSA) is 48.4 Å². The predicted molar refractivity (Wildman–Crippen MR) is 76.3 cm³/mol. The highest BCUT2D eigenvalue weighted by Crippen LogP contribution is 2.20. The van der Waals surface area contributed by atoms with E-state index in [0.29, 0.717) is 18.1 Å². The van der Waals surface area contributed by atoms with Gasteiger partial charge in [0, 0.05) is 12.6 Å². The summed E-state index contributed by atoms with van der Waals surface area (Å²) in [6, 6.07) is 11.2. The zero-order valence-electron chi connectivity index (χ0n) is 11.8. The third kappa shape index (κ3) is 3.35. The van der Waals surface area contributed by atoms with Gasteiger partial charge in [-0.3, -0.25) is 4.79 Å². The maximum Gasteiger partial charge on any atom is 0.181 e. The molecule has 1 aromatic heterocycles. The third-order valence-corrected chi connectivity index (χ3v) is 2.88. The molecule has 0 radical (unpaired) electrons. The summed E-state index contributed by atoms with van der Waals surface area (Å²) in [5.41, 5.74) is 2.17. The van der Waals surface area contributed by atoms with Crippen LogP contribution in [0.25, 0.3) is 0 Å². The van der Waals surface area contributed by atoms with Crippen LogP contribution in [0.3, 0.4) is 0 Å². The second kappa shape index (κ2) is 6.19. The minimum atomic E-state index is -0.0987. The zero-order valence-corrected chi connectivity index (χ0v) is 11.8. The number of hydrogen-bond donors (Lipinski definition) is 0. The maximum atomic E-state index is 11.6. The molecule has 0 atom stereocenters. The molecule has 0 aliphatic heterocycles. The van der Waals surface area contributed by atoms with Crippen LogP contribution >= 0.6 is 0 Å². The molecule has 4 heteroatoms. The summed E-state index contributed by atoms with van der Waals surface area (Å²) >= 11 is 0. The largest absolute Gasteiger partial charge is 0.497 e. The van der Waals surface area contributed by atoms with E-state index >= 15 is 0 Å². The number of methoxy groups -OCH3 is 1. The number of nitrogens with zero attached hydrogens (tertiary/aromatic N) is 1. The Labute approximate surface area is 118 Å². The first kappa shape index (κ1) is 14.1. The van der Waals surface area contributed by atoms with Gasteiger partial charge in [0.25, 0.3) is 0 Å². The number of carbonyl (C=O) groups excluding carboxylic acids is 1. The second-order valence-electron chi connectivity index (χ2n) is 4.49. The first-order valence-electron chi connectivity index (χ1n) is 6.34. The van der Waals surface area contributed by atoms with E-state index < -0.39 is 0 Å². The minimum Gasteiger partial charge on any atom is -0.497 e. The van der Waals surface area contributed by atoms with Crippen LogP contribution in [-0.4, -0.2) is 17.9 Å². The van der Waals surface area contributed by atoms with Crippen LogP contribution in [0.5, 0.6) is 11.5 Å². The van der Waals surface area contributed by atoms with Gasteiger partial charge in [0.2, 0.25) is 0 Å². The van der Waals surface area contributed by atoms with E-state index in [2.05, 4.69) is 4.98 Å². The Kier molecular flexibility index (Phi) is 4.35. The summed E-state index contributed by atoms with van der Waals surface area (Å²) in [5, 5.41) is 0. The Morgan fingerprint density at radius 2 is 1.85 bits per heavy atom. The second-order valence-corrected chi connectivity index (χ2v) is 4.49. The molecule has 0 spiro atoms. The van der Waals surface area contributed by atoms with Crippen molar-refractivity contribution in [1.29, 1.82) is 0 Å². The van der Waals surface area contributed by atoms with Crippen LogP contribution in [0.1, 0.15) is 28.7 Å². The number of carbonyl (C=O) groups is 1. The van der Waals surface area contributed by atoms with E-state index in [1.165, 1.54) is 6.92 Å². The zero-order chi connectivity index (χ0) is 14.5. The highest BCUT2D eigenvalue weighted by atomic mass is 16.5. The van der Waals surface area contributed by atoms with E-state index in [9.17, 15) is 4.79 Å². The van der Waals surface area contributed by atoms with Crippen LogP contribution in [0.4, 0.5) is 0 Å². The van der Waals surface area contributed by atoms with E-state index in [-0.39, 0.29) is 5.78 Å². The molecule has 20 heavy (non-hydrogen) atoms. The van der Waals surface area contributed by atoms with Crippen molar-refractivity contribution in [2.75, 3.05) is 7.11 Å². The number of aryl methyl sites for hydroxylation is 1. The summed E-state index contributed by atoms with van der Waals surface area (Å²) in [4.78, 5) is 15.8. The molecule has 104 valence electrons. The van der Waals surface area contributed by atoms with Crippen LogP contribution < -0.4 is 9.47 Å². The summed E-state index contributed by atoms with van der Waals surface area (Å²) in [6.45, 7) is 3.72. The van der Waals surface area contributed by atoms with Gasteiger partial charge in [0.15, 0.2) is 5.78 Å². The Morgan fingerprint density at radius 3 is 2.45 bits per heavy atom. The number of ether oxygens (including phenoxy) is 2. The van der Waals surface area contributed by atoms with Gasteiger partial charge < -0.3 is 9.47 Å². The fraction of sp³-hybridized carbons (Fsp3) is 0.250. The number of rotatable bonds is 5. The van der Waals surface area contributed by atoms with Gasteiger partial charge in [-0.05, 0) is 36.8 Å². The molecule has 2 rings (SSSR count). The van der Waals surface area contributed by atoms with Crippen LogP contribution in [0, 0.1) is 6.92 Å². The number of hydrogen-bond acceptors (Lipinski definition) is 4. The molecule has 0 saturated carbocycles. The van der Waals surface area contributed by atoms with Gasteiger partial charge in [0.05, 0.1) is 7.11 Å². The van der Waals surface area contributed by atoms with Crippen LogP contribution in [-0.2, 0) is 6.61 Å². The quantitative estimate of drug-likeness (QED) is 0.784. The first-order chi connectivity index (χ1) is 9.60. The van der Waals surface area contributed by atoms with Crippen LogP contribution in [0.15, 0.2) is 36.4 Å². The minimum absolute atomic E-state index is 0.0987. The maximum absolute atomic E-state index is 11.6. The molecule has 2 aromatic rings. The normalized spacial score (nSPS) is 10.2. The molecule has 1 heterocycles. The molecule has 4 nitrogen and oxygen atoms in total.